The van der Waals surface area contributed by atoms with Gasteiger partial charge in [-0.2, -0.15) is 0 Å². The molecule has 0 spiro atoms. The molecule has 1 unspecified atom stereocenters. The number of anilines is 1. The predicted molar refractivity (Wildman–Crippen MR) is 62.8 cm³/mol. The van der Waals surface area contributed by atoms with E-state index in [2.05, 4.69) is 15.9 Å². The molecule has 2 N–H and O–H groups in total. The Bertz CT molecular complexity index is 354. The molecule has 0 aliphatic rings. The highest BCUT2D eigenvalue weighted by atomic mass is 79.9. The number of halogens is 2. The smallest absolute Gasteiger partial charge is 0.152 e. The lowest BCUT2D eigenvalue weighted by Gasteiger charge is -2.12. The Balaban J connectivity index is 3.20. The summed E-state index contributed by atoms with van der Waals surface area (Å²) in [5.74, 6) is -0.0699. The summed E-state index contributed by atoms with van der Waals surface area (Å²) in [4.78, 5) is 11.1. The second-order valence-electron chi connectivity index (χ2n) is 3.02. The molecule has 2 nitrogen and oxygen atoms in total. The van der Waals surface area contributed by atoms with Crippen LogP contribution in [0.15, 0.2) is 18.2 Å². The Morgan fingerprint density at radius 1 is 1.64 bits per heavy atom. The van der Waals surface area contributed by atoms with Crippen LogP contribution in [0.3, 0.4) is 0 Å². The molecule has 1 aromatic rings. The topological polar surface area (TPSA) is 43.1 Å². The molecule has 1 rings (SSSR count). The van der Waals surface area contributed by atoms with Crippen molar-refractivity contribution in [2.45, 2.75) is 17.6 Å². The Morgan fingerprint density at radius 3 is 2.79 bits per heavy atom. The average Bonchev–Trinajstić information content (AvgIpc) is 2.16. The van der Waals surface area contributed by atoms with Crippen LogP contribution in [0.1, 0.15) is 23.4 Å². The number of benzene rings is 1. The summed E-state index contributed by atoms with van der Waals surface area (Å²) in [7, 11) is 0. The van der Waals surface area contributed by atoms with Gasteiger partial charge in [-0.1, -0.05) is 28.1 Å². The molecule has 1 atom stereocenters. The molecule has 0 saturated heterocycles. The molecule has 0 aromatic heterocycles. The van der Waals surface area contributed by atoms with Crippen molar-refractivity contribution >= 4 is 39.0 Å². The third-order valence-electron chi connectivity index (χ3n) is 2.01. The zero-order valence-electron chi connectivity index (χ0n) is 7.76. The standard InChI is InChI=1S/C10H11BrClNO/c1-6(14)10(12)7-3-2-4-9(13)8(7)5-11/h2-4,10H,5,13H2,1H3. The summed E-state index contributed by atoms with van der Waals surface area (Å²) in [5.41, 5.74) is 8.11. The van der Waals surface area contributed by atoms with Crippen LogP contribution in [0.4, 0.5) is 5.69 Å². The van der Waals surface area contributed by atoms with E-state index in [4.69, 9.17) is 17.3 Å². The quantitative estimate of drug-likeness (QED) is 0.681. The van der Waals surface area contributed by atoms with Crippen LogP contribution < -0.4 is 5.73 Å². The van der Waals surface area contributed by atoms with Crippen molar-refractivity contribution in [3.05, 3.63) is 29.3 Å². The van der Waals surface area contributed by atoms with Crippen LogP contribution in [0.25, 0.3) is 0 Å². The third kappa shape index (κ3) is 2.28. The second-order valence-corrected chi connectivity index (χ2v) is 4.02. The zero-order chi connectivity index (χ0) is 10.7. The molecule has 14 heavy (non-hydrogen) atoms. The van der Waals surface area contributed by atoms with Crippen molar-refractivity contribution in [2.75, 3.05) is 5.73 Å². The summed E-state index contributed by atoms with van der Waals surface area (Å²) < 4.78 is 0. The predicted octanol–water partition coefficient (Wildman–Crippen LogP) is 3.03. The van der Waals surface area contributed by atoms with Gasteiger partial charge in [-0.15, -0.1) is 11.6 Å². The molecule has 0 saturated carbocycles. The Morgan fingerprint density at radius 2 is 2.29 bits per heavy atom. The highest BCUT2D eigenvalue weighted by molar-refractivity contribution is 9.08. The van der Waals surface area contributed by atoms with Crippen molar-refractivity contribution in [3.63, 3.8) is 0 Å². The third-order valence-corrected chi connectivity index (χ3v) is 3.12. The largest absolute Gasteiger partial charge is 0.398 e. The fraction of sp³-hybridized carbons (Fsp3) is 0.300. The maximum atomic E-state index is 11.1. The number of carbonyl (C=O) groups is 1. The van der Waals surface area contributed by atoms with E-state index < -0.39 is 5.38 Å². The van der Waals surface area contributed by atoms with Gasteiger partial charge in [0.05, 0.1) is 0 Å². The van der Waals surface area contributed by atoms with Gasteiger partial charge in [0.2, 0.25) is 0 Å². The van der Waals surface area contributed by atoms with Crippen molar-refractivity contribution in [1.29, 1.82) is 0 Å². The highest BCUT2D eigenvalue weighted by Crippen LogP contribution is 2.29. The van der Waals surface area contributed by atoms with Crippen LogP contribution in [0, 0.1) is 0 Å². The van der Waals surface area contributed by atoms with Crippen LogP contribution in [-0.4, -0.2) is 5.78 Å². The fourth-order valence-corrected chi connectivity index (χ4v) is 2.09. The van der Waals surface area contributed by atoms with Crippen LogP contribution in [0.2, 0.25) is 0 Å². The number of ketones is 1. The molecule has 4 heteroatoms. The van der Waals surface area contributed by atoms with E-state index in [1.807, 2.05) is 6.07 Å². The summed E-state index contributed by atoms with van der Waals surface area (Å²) in [6, 6.07) is 5.42. The molecule has 0 heterocycles. The average molecular weight is 277 g/mol. The molecule has 0 bridgehead atoms. The maximum absolute atomic E-state index is 11.1. The second kappa shape index (κ2) is 4.80. The van der Waals surface area contributed by atoms with Crippen molar-refractivity contribution < 1.29 is 4.79 Å². The van der Waals surface area contributed by atoms with Gasteiger partial charge in [0.15, 0.2) is 5.78 Å². The first kappa shape index (κ1) is 11.5. The summed E-state index contributed by atoms with van der Waals surface area (Å²) in [6.45, 7) is 1.47. The number of rotatable bonds is 3. The van der Waals surface area contributed by atoms with Gasteiger partial charge >= 0.3 is 0 Å². The maximum Gasteiger partial charge on any atom is 0.152 e. The van der Waals surface area contributed by atoms with Gasteiger partial charge in [0.25, 0.3) is 0 Å². The first-order valence-electron chi connectivity index (χ1n) is 4.15. The van der Waals surface area contributed by atoms with Gasteiger partial charge < -0.3 is 5.73 Å². The molecule has 1 aromatic carbocycles. The van der Waals surface area contributed by atoms with Crippen molar-refractivity contribution in [1.82, 2.24) is 0 Å². The number of nitrogens with two attached hydrogens (primary N) is 1. The Hall–Kier alpha value is -0.540. The van der Waals surface area contributed by atoms with Gasteiger partial charge in [-0.3, -0.25) is 4.79 Å². The summed E-state index contributed by atoms with van der Waals surface area (Å²) in [5, 5.41) is -0.00282. The SMILES string of the molecule is CC(=O)C(Cl)c1cccc(N)c1CBr. The van der Waals surface area contributed by atoms with Gasteiger partial charge in [-0.05, 0) is 24.1 Å². The summed E-state index contributed by atoms with van der Waals surface area (Å²) >= 11 is 9.30. The van der Waals surface area contributed by atoms with E-state index in [1.54, 1.807) is 12.1 Å². The number of Topliss-reactive ketones (excluding diaryl/α,β-unsaturated/α-hetero) is 1. The van der Waals surface area contributed by atoms with Crippen LogP contribution in [-0.2, 0) is 10.1 Å². The first-order valence-corrected chi connectivity index (χ1v) is 5.71. The van der Waals surface area contributed by atoms with E-state index in [0.717, 1.165) is 11.1 Å². The number of carbonyl (C=O) groups excluding carboxylic acids is 1. The van der Waals surface area contributed by atoms with Gasteiger partial charge in [-0.25, -0.2) is 0 Å². The van der Waals surface area contributed by atoms with E-state index in [-0.39, 0.29) is 5.78 Å². The molecule has 0 radical (unpaired) electrons. The highest BCUT2D eigenvalue weighted by Gasteiger charge is 2.17. The molecular formula is C10H11BrClNO. The molecule has 0 amide bonds. The van der Waals surface area contributed by atoms with E-state index in [0.29, 0.717) is 11.0 Å². The van der Waals surface area contributed by atoms with Crippen LogP contribution in [0.5, 0.6) is 0 Å². The number of alkyl halides is 2. The lowest BCUT2D eigenvalue weighted by molar-refractivity contribution is -0.116. The fourth-order valence-electron chi connectivity index (χ4n) is 1.23. The van der Waals surface area contributed by atoms with E-state index in [9.17, 15) is 4.79 Å². The number of hydrogen-bond donors (Lipinski definition) is 1. The lowest BCUT2D eigenvalue weighted by atomic mass is 10.0. The van der Waals surface area contributed by atoms with E-state index >= 15 is 0 Å². The monoisotopic (exact) mass is 275 g/mol. The Labute approximate surface area is 96.6 Å². The lowest BCUT2D eigenvalue weighted by Crippen LogP contribution is -2.06. The minimum Gasteiger partial charge on any atom is -0.398 e. The molecular weight excluding hydrogens is 265 g/mol. The van der Waals surface area contributed by atoms with Crippen molar-refractivity contribution in [2.24, 2.45) is 0 Å². The number of hydrogen-bond acceptors (Lipinski definition) is 2. The molecule has 0 aliphatic carbocycles. The zero-order valence-corrected chi connectivity index (χ0v) is 10.1. The van der Waals surface area contributed by atoms with Gasteiger partial charge in [0.1, 0.15) is 5.38 Å². The molecule has 76 valence electrons. The minimum atomic E-state index is -0.606. The van der Waals surface area contributed by atoms with Crippen LogP contribution >= 0.6 is 27.5 Å². The van der Waals surface area contributed by atoms with Crippen molar-refractivity contribution in [3.8, 4) is 0 Å². The summed E-state index contributed by atoms with van der Waals surface area (Å²) in [6.07, 6.45) is 0. The van der Waals surface area contributed by atoms with E-state index in [1.165, 1.54) is 6.92 Å². The number of nitrogen functional groups attached to an aromatic ring is 1. The van der Waals surface area contributed by atoms with Gasteiger partial charge in [0, 0.05) is 11.0 Å². The Kier molecular flexibility index (Phi) is 3.96. The normalized spacial score (nSPS) is 12.5. The first-order chi connectivity index (χ1) is 6.57. The molecule has 0 fully saturated rings. The minimum absolute atomic E-state index is 0.0699. The molecule has 0 aliphatic heterocycles.